The van der Waals surface area contributed by atoms with Gasteiger partial charge >= 0.3 is 0 Å². The van der Waals surface area contributed by atoms with Crippen molar-refractivity contribution < 1.29 is 17.7 Å². The Labute approximate surface area is 133 Å². The summed E-state index contributed by atoms with van der Waals surface area (Å²) in [4.78, 5) is 17.1. The lowest BCUT2D eigenvalue weighted by Gasteiger charge is -2.12. The van der Waals surface area contributed by atoms with Gasteiger partial charge in [0, 0.05) is 17.7 Å². The summed E-state index contributed by atoms with van der Waals surface area (Å²) in [5.41, 5.74) is 2.30. The minimum absolute atomic E-state index is 0.00503. The second kappa shape index (κ2) is 5.02. The molecule has 3 heterocycles. The van der Waals surface area contributed by atoms with Crippen LogP contribution in [0.1, 0.15) is 46.9 Å². The quantitative estimate of drug-likeness (QED) is 0.908. The average molecular weight is 335 g/mol. The molecule has 2 aromatic heterocycles. The van der Waals surface area contributed by atoms with E-state index in [1.807, 2.05) is 0 Å². The molecule has 7 nitrogen and oxygen atoms in total. The third-order valence-corrected chi connectivity index (χ3v) is 6.21. The minimum atomic E-state index is -3.03. The number of amides is 1. The lowest BCUT2D eigenvalue weighted by molar-refractivity contribution is 0.0942. The molecular weight excluding hydrogens is 318 g/mol. The zero-order chi connectivity index (χ0) is 16.2. The first-order valence-corrected chi connectivity index (χ1v) is 9.53. The van der Waals surface area contributed by atoms with E-state index in [2.05, 4.69) is 15.5 Å². The van der Waals surface area contributed by atoms with Gasteiger partial charge in [0.05, 0.1) is 28.1 Å². The zero-order valence-corrected chi connectivity index (χ0v) is 13.5. The third kappa shape index (κ3) is 2.71. The van der Waals surface area contributed by atoms with Gasteiger partial charge in [0.25, 0.3) is 11.6 Å². The zero-order valence-electron chi connectivity index (χ0n) is 12.7. The number of aromatic nitrogens is 2. The normalized spacial score (nSPS) is 23.3. The Morgan fingerprint density at radius 3 is 2.78 bits per heavy atom. The van der Waals surface area contributed by atoms with Crippen molar-refractivity contribution in [3.8, 4) is 0 Å². The Morgan fingerprint density at radius 1 is 1.35 bits per heavy atom. The number of carbonyl (C=O) groups is 1. The van der Waals surface area contributed by atoms with Gasteiger partial charge in [-0.15, -0.1) is 0 Å². The molecule has 8 heteroatoms. The minimum Gasteiger partial charge on any atom is -0.348 e. The van der Waals surface area contributed by atoms with Gasteiger partial charge in [-0.05, 0) is 32.3 Å². The summed E-state index contributed by atoms with van der Waals surface area (Å²) in [6, 6.07) is 1.46. The van der Waals surface area contributed by atoms with Gasteiger partial charge < -0.3 is 9.84 Å². The van der Waals surface area contributed by atoms with Crippen molar-refractivity contribution in [2.24, 2.45) is 0 Å². The molecule has 2 aliphatic rings. The summed E-state index contributed by atoms with van der Waals surface area (Å²) in [6.07, 6.45) is 2.58. The molecule has 1 atom stereocenters. The topological polar surface area (TPSA) is 102 Å². The SMILES string of the molecule is Cc1noc2nc(C3CC3)cc(C(=O)N[C@@H]3CCS(=O)(=O)C3)c12. The molecule has 1 aliphatic heterocycles. The van der Waals surface area contributed by atoms with Crippen LogP contribution in [-0.2, 0) is 9.84 Å². The third-order valence-electron chi connectivity index (χ3n) is 4.44. The summed E-state index contributed by atoms with van der Waals surface area (Å²) >= 11 is 0. The molecule has 0 radical (unpaired) electrons. The molecule has 0 spiro atoms. The van der Waals surface area contributed by atoms with Crippen molar-refractivity contribution in [1.29, 1.82) is 0 Å². The van der Waals surface area contributed by atoms with Crippen LogP contribution in [0.4, 0.5) is 0 Å². The largest absolute Gasteiger partial charge is 0.348 e. The highest BCUT2D eigenvalue weighted by molar-refractivity contribution is 7.91. The van der Waals surface area contributed by atoms with E-state index < -0.39 is 9.84 Å². The van der Waals surface area contributed by atoms with Crippen LogP contribution < -0.4 is 5.32 Å². The number of hydrogen-bond donors (Lipinski definition) is 1. The van der Waals surface area contributed by atoms with Crippen LogP contribution in [0.15, 0.2) is 10.6 Å². The molecule has 1 N–H and O–H groups in total. The van der Waals surface area contributed by atoms with E-state index in [1.54, 1.807) is 13.0 Å². The van der Waals surface area contributed by atoms with Crippen LogP contribution in [0.5, 0.6) is 0 Å². The molecule has 1 amide bonds. The molecule has 122 valence electrons. The van der Waals surface area contributed by atoms with Crippen LogP contribution in [0.2, 0.25) is 0 Å². The molecular formula is C15H17N3O4S. The van der Waals surface area contributed by atoms with Gasteiger partial charge in [-0.25, -0.2) is 13.4 Å². The smallest absolute Gasteiger partial charge is 0.259 e. The molecule has 1 saturated heterocycles. The van der Waals surface area contributed by atoms with E-state index >= 15 is 0 Å². The highest BCUT2D eigenvalue weighted by Gasteiger charge is 2.32. The number of nitrogens with zero attached hydrogens (tertiary/aromatic N) is 2. The van der Waals surface area contributed by atoms with Gasteiger partial charge in [-0.2, -0.15) is 0 Å². The maximum absolute atomic E-state index is 12.7. The molecule has 1 aliphatic carbocycles. The molecule has 23 heavy (non-hydrogen) atoms. The van der Waals surface area contributed by atoms with Gasteiger partial charge in [0.1, 0.15) is 0 Å². The van der Waals surface area contributed by atoms with Crippen molar-refractivity contribution in [3.05, 3.63) is 23.0 Å². The van der Waals surface area contributed by atoms with Crippen LogP contribution in [0.25, 0.3) is 11.1 Å². The fraction of sp³-hybridized carbons (Fsp3) is 0.533. The molecule has 2 fully saturated rings. The Balaban J connectivity index is 1.69. The van der Waals surface area contributed by atoms with Crippen molar-refractivity contribution in [3.63, 3.8) is 0 Å². The molecule has 0 unspecified atom stereocenters. The number of rotatable bonds is 3. The number of sulfone groups is 1. The molecule has 2 aromatic rings. The molecule has 0 bridgehead atoms. The van der Waals surface area contributed by atoms with Crippen LogP contribution in [0.3, 0.4) is 0 Å². The van der Waals surface area contributed by atoms with E-state index in [0.29, 0.717) is 34.7 Å². The number of pyridine rings is 1. The van der Waals surface area contributed by atoms with Crippen LogP contribution >= 0.6 is 0 Å². The second-order valence-corrected chi connectivity index (χ2v) is 8.62. The number of hydrogen-bond acceptors (Lipinski definition) is 6. The predicted octanol–water partition coefficient (Wildman–Crippen LogP) is 1.33. The van der Waals surface area contributed by atoms with Crippen molar-refractivity contribution in [2.75, 3.05) is 11.5 Å². The van der Waals surface area contributed by atoms with Gasteiger partial charge in [-0.3, -0.25) is 4.79 Å². The lowest BCUT2D eigenvalue weighted by atomic mass is 10.1. The lowest BCUT2D eigenvalue weighted by Crippen LogP contribution is -2.35. The maximum atomic E-state index is 12.7. The first-order chi connectivity index (χ1) is 10.9. The fourth-order valence-corrected chi connectivity index (χ4v) is 4.73. The summed E-state index contributed by atoms with van der Waals surface area (Å²) in [7, 11) is -3.03. The van der Waals surface area contributed by atoms with Gasteiger partial charge in [0.15, 0.2) is 9.84 Å². The van der Waals surface area contributed by atoms with Crippen molar-refractivity contribution >= 4 is 26.8 Å². The fourth-order valence-electron chi connectivity index (χ4n) is 3.05. The second-order valence-electron chi connectivity index (χ2n) is 6.39. The summed E-state index contributed by atoms with van der Waals surface area (Å²) < 4.78 is 28.3. The summed E-state index contributed by atoms with van der Waals surface area (Å²) in [5.74, 6) is 0.227. The van der Waals surface area contributed by atoms with E-state index in [4.69, 9.17) is 4.52 Å². The average Bonchev–Trinajstić information content (AvgIpc) is 3.21. The summed E-state index contributed by atoms with van der Waals surface area (Å²) in [6.45, 7) is 1.76. The highest BCUT2D eigenvalue weighted by Crippen LogP contribution is 2.40. The highest BCUT2D eigenvalue weighted by atomic mass is 32.2. The Bertz CT molecular complexity index is 899. The first kappa shape index (κ1) is 14.6. The van der Waals surface area contributed by atoms with Crippen LogP contribution in [-0.4, -0.2) is 42.0 Å². The van der Waals surface area contributed by atoms with Crippen LogP contribution in [0, 0.1) is 6.92 Å². The van der Waals surface area contributed by atoms with E-state index in [-0.39, 0.29) is 23.5 Å². The van der Waals surface area contributed by atoms with Crippen molar-refractivity contribution in [2.45, 2.75) is 38.1 Å². The first-order valence-electron chi connectivity index (χ1n) is 7.71. The molecule has 0 aromatic carbocycles. The number of aryl methyl sites for hydroxylation is 1. The van der Waals surface area contributed by atoms with E-state index in [0.717, 1.165) is 18.5 Å². The Hall–Kier alpha value is -1.96. The summed E-state index contributed by atoms with van der Waals surface area (Å²) in [5, 5.41) is 7.34. The number of carbonyl (C=O) groups excluding carboxylic acids is 1. The monoisotopic (exact) mass is 335 g/mol. The van der Waals surface area contributed by atoms with Crippen molar-refractivity contribution in [1.82, 2.24) is 15.5 Å². The predicted molar refractivity (Wildman–Crippen MR) is 83.0 cm³/mol. The van der Waals surface area contributed by atoms with Gasteiger partial charge in [0.2, 0.25) is 0 Å². The van der Waals surface area contributed by atoms with E-state index in [9.17, 15) is 13.2 Å². The maximum Gasteiger partial charge on any atom is 0.259 e. The van der Waals surface area contributed by atoms with Gasteiger partial charge in [-0.1, -0.05) is 5.16 Å². The van der Waals surface area contributed by atoms with E-state index in [1.165, 1.54) is 0 Å². The number of fused-ring (bicyclic) bond motifs is 1. The Kier molecular flexibility index (Phi) is 3.19. The molecule has 4 rings (SSSR count). The molecule has 1 saturated carbocycles. The standard InChI is InChI=1S/C15H17N3O4S/c1-8-13-11(14(19)16-10-4-5-23(20,21)7-10)6-12(9-2-3-9)17-15(13)22-18-8/h6,9-10H,2-5,7H2,1H3,(H,16,19)/t10-/m1/s1. The number of nitrogens with one attached hydrogen (secondary N) is 1. The Morgan fingerprint density at radius 2 is 2.13 bits per heavy atom.